The Bertz CT molecular complexity index is 150. The molecule has 1 aliphatic heterocycles. The molecule has 1 aliphatic rings. The quantitative estimate of drug-likeness (QED) is 0.723. The highest BCUT2D eigenvalue weighted by Crippen LogP contribution is 2.14. The molecule has 1 fully saturated rings. The second-order valence-electron chi connectivity index (χ2n) is 4.27. The first-order valence-electron chi connectivity index (χ1n) is 5.71. The maximum Gasteiger partial charge on any atom is 0.0702 e. The van der Waals surface area contributed by atoms with Crippen LogP contribution < -0.4 is 0 Å². The number of piperidine rings is 1. The van der Waals surface area contributed by atoms with Crippen molar-refractivity contribution < 1.29 is 9.84 Å². The minimum absolute atomic E-state index is 0.288. The van der Waals surface area contributed by atoms with E-state index >= 15 is 0 Å². The van der Waals surface area contributed by atoms with E-state index < -0.39 is 0 Å². The number of ether oxygens (including phenoxy) is 1. The zero-order chi connectivity index (χ0) is 10.4. The molecule has 1 heterocycles. The Morgan fingerprint density at radius 3 is 3.00 bits per heavy atom. The van der Waals surface area contributed by atoms with Crippen LogP contribution in [0.2, 0.25) is 0 Å². The van der Waals surface area contributed by atoms with Crippen LogP contribution in [0.1, 0.15) is 26.7 Å². The molecule has 1 saturated heterocycles. The average Bonchev–Trinajstić information content (AvgIpc) is 2.19. The van der Waals surface area contributed by atoms with Crippen LogP contribution in [0.4, 0.5) is 0 Å². The summed E-state index contributed by atoms with van der Waals surface area (Å²) >= 11 is 0. The van der Waals surface area contributed by atoms with E-state index in [0.717, 1.165) is 26.2 Å². The summed E-state index contributed by atoms with van der Waals surface area (Å²) in [5, 5.41) is 8.98. The van der Waals surface area contributed by atoms with E-state index in [1.165, 1.54) is 12.8 Å². The number of nitrogens with zero attached hydrogens (tertiary/aromatic N) is 1. The van der Waals surface area contributed by atoms with Gasteiger partial charge in [0.2, 0.25) is 0 Å². The van der Waals surface area contributed by atoms with Gasteiger partial charge < -0.3 is 14.7 Å². The largest absolute Gasteiger partial charge is 0.396 e. The first kappa shape index (κ1) is 12.0. The fourth-order valence-electron chi connectivity index (χ4n) is 2.05. The van der Waals surface area contributed by atoms with Gasteiger partial charge in [-0.15, -0.1) is 0 Å². The lowest BCUT2D eigenvalue weighted by molar-refractivity contribution is 0.000204. The fraction of sp³-hybridized carbons (Fsp3) is 1.00. The number of rotatable bonds is 5. The molecule has 0 radical (unpaired) electrons. The SMILES string of the molecule is CCOC1CCCN(CC(C)CO)C1. The van der Waals surface area contributed by atoms with E-state index in [9.17, 15) is 0 Å². The number of aliphatic hydroxyl groups excluding tert-OH is 1. The van der Waals surface area contributed by atoms with Crippen molar-refractivity contribution in [3.05, 3.63) is 0 Å². The van der Waals surface area contributed by atoms with Gasteiger partial charge in [0.15, 0.2) is 0 Å². The average molecular weight is 201 g/mol. The molecule has 2 unspecified atom stereocenters. The highest BCUT2D eigenvalue weighted by atomic mass is 16.5. The van der Waals surface area contributed by atoms with Crippen molar-refractivity contribution in [1.82, 2.24) is 4.90 Å². The molecular formula is C11H23NO2. The molecule has 0 aromatic heterocycles. The Hall–Kier alpha value is -0.120. The molecule has 0 aromatic carbocycles. The fourth-order valence-corrected chi connectivity index (χ4v) is 2.05. The normalized spacial score (nSPS) is 26.4. The first-order valence-corrected chi connectivity index (χ1v) is 5.71. The molecule has 0 amide bonds. The maximum atomic E-state index is 8.98. The summed E-state index contributed by atoms with van der Waals surface area (Å²) in [4.78, 5) is 2.41. The third kappa shape index (κ3) is 3.95. The number of hydrogen-bond donors (Lipinski definition) is 1. The van der Waals surface area contributed by atoms with Gasteiger partial charge in [-0.2, -0.15) is 0 Å². The van der Waals surface area contributed by atoms with Gasteiger partial charge in [-0.1, -0.05) is 6.92 Å². The minimum Gasteiger partial charge on any atom is -0.396 e. The molecule has 1 rings (SSSR count). The van der Waals surface area contributed by atoms with Crippen molar-refractivity contribution in [2.24, 2.45) is 5.92 Å². The van der Waals surface area contributed by atoms with E-state index in [1.807, 2.05) is 0 Å². The molecule has 84 valence electrons. The zero-order valence-corrected chi connectivity index (χ0v) is 9.41. The second-order valence-corrected chi connectivity index (χ2v) is 4.27. The van der Waals surface area contributed by atoms with Crippen LogP contribution >= 0.6 is 0 Å². The minimum atomic E-state index is 0.288. The lowest BCUT2D eigenvalue weighted by Crippen LogP contribution is -2.42. The van der Waals surface area contributed by atoms with Gasteiger partial charge in [-0.25, -0.2) is 0 Å². The van der Waals surface area contributed by atoms with Crippen LogP contribution in [0.5, 0.6) is 0 Å². The van der Waals surface area contributed by atoms with Crippen molar-refractivity contribution in [1.29, 1.82) is 0 Å². The summed E-state index contributed by atoms with van der Waals surface area (Å²) in [6.45, 7) is 8.44. The van der Waals surface area contributed by atoms with Crippen LogP contribution in [-0.4, -0.2) is 49.0 Å². The Morgan fingerprint density at radius 2 is 2.36 bits per heavy atom. The van der Waals surface area contributed by atoms with Gasteiger partial charge in [0.05, 0.1) is 6.10 Å². The Balaban J connectivity index is 2.25. The van der Waals surface area contributed by atoms with E-state index in [2.05, 4.69) is 18.7 Å². The Kier molecular flexibility index (Phi) is 5.45. The standard InChI is InChI=1S/C11H23NO2/c1-3-14-11-5-4-6-12(8-11)7-10(2)9-13/h10-11,13H,3-9H2,1-2H3. The van der Waals surface area contributed by atoms with Crippen molar-refractivity contribution in [2.45, 2.75) is 32.8 Å². The highest BCUT2D eigenvalue weighted by Gasteiger charge is 2.20. The van der Waals surface area contributed by atoms with Crippen LogP contribution in [0.3, 0.4) is 0 Å². The van der Waals surface area contributed by atoms with Gasteiger partial charge in [0, 0.05) is 26.3 Å². The van der Waals surface area contributed by atoms with Crippen LogP contribution in [-0.2, 0) is 4.74 Å². The van der Waals surface area contributed by atoms with E-state index in [1.54, 1.807) is 0 Å². The van der Waals surface area contributed by atoms with E-state index in [0.29, 0.717) is 12.0 Å². The summed E-state index contributed by atoms with van der Waals surface area (Å²) in [7, 11) is 0. The number of aliphatic hydroxyl groups is 1. The van der Waals surface area contributed by atoms with Crippen molar-refractivity contribution in [3.63, 3.8) is 0 Å². The molecule has 14 heavy (non-hydrogen) atoms. The van der Waals surface area contributed by atoms with E-state index in [-0.39, 0.29) is 6.61 Å². The summed E-state index contributed by atoms with van der Waals surface area (Å²) < 4.78 is 5.62. The van der Waals surface area contributed by atoms with Gasteiger partial charge in [0.1, 0.15) is 0 Å². The highest BCUT2D eigenvalue weighted by molar-refractivity contribution is 4.74. The first-order chi connectivity index (χ1) is 6.76. The topological polar surface area (TPSA) is 32.7 Å². The predicted molar refractivity (Wildman–Crippen MR) is 57.3 cm³/mol. The van der Waals surface area contributed by atoms with Crippen LogP contribution in [0, 0.1) is 5.92 Å². The molecule has 0 aromatic rings. The molecule has 0 aliphatic carbocycles. The molecule has 0 spiro atoms. The number of likely N-dealkylation sites (tertiary alicyclic amines) is 1. The second kappa shape index (κ2) is 6.38. The summed E-state index contributed by atoms with van der Waals surface area (Å²) in [6, 6.07) is 0. The predicted octanol–water partition coefficient (Wildman–Crippen LogP) is 1.12. The third-order valence-electron chi connectivity index (χ3n) is 2.75. The number of hydrogen-bond acceptors (Lipinski definition) is 3. The molecule has 1 N–H and O–H groups in total. The molecule has 3 heteroatoms. The molecule has 2 atom stereocenters. The maximum absolute atomic E-state index is 8.98. The lowest BCUT2D eigenvalue weighted by atomic mass is 10.1. The van der Waals surface area contributed by atoms with Crippen LogP contribution in [0.25, 0.3) is 0 Å². The van der Waals surface area contributed by atoms with Crippen molar-refractivity contribution in [3.8, 4) is 0 Å². The smallest absolute Gasteiger partial charge is 0.0702 e. The molecule has 3 nitrogen and oxygen atoms in total. The Labute approximate surface area is 87.1 Å². The van der Waals surface area contributed by atoms with E-state index in [4.69, 9.17) is 9.84 Å². The monoisotopic (exact) mass is 201 g/mol. The zero-order valence-electron chi connectivity index (χ0n) is 9.41. The lowest BCUT2D eigenvalue weighted by Gasteiger charge is -2.33. The van der Waals surface area contributed by atoms with Gasteiger partial charge >= 0.3 is 0 Å². The van der Waals surface area contributed by atoms with Crippen molar-refractivity contribution >= 4 is 0 Å². The van der Waals surface area contributed by atoms with Crippen LogP contribution in [0.15, 0.2) is 0 Å². The van der Waals surface area contributed by atoms with Gasteiger partial charge in [-0.05, 0) is 32.2 Å². The van der Waals surface area contributed by atoms with Gasteiger partial charge in [-0.3, -0.25) is 0 Å². The third-order valence-corrected chi connectivity index (χ3v) is 2.75. The molecular weight excluding hydrogens is 178 g/mol. The summed E-state index contributed by atoms with van der Waals surface area (Å²) in [5.41, 5.74) is 0. The summed E-state index contributed by atoms with van der Waals surface area (Å²) in [5.74, 6) is 0.385. The molecule has 0 bridgehead atoms. The Morgan fingerprint density at radius 1 is 1.57 bits per heavy atom. The molecule has 0 saturated carbocycles. The summed E-state index contributed by atoms with van der Waals surface area (Å²) in [6.07, 6.45) is 2.83. The van der Waals surface area contributed by atoms with Gasteiger partial charge in [0.25, 0.3) is 0 Å². The van der Waals surface area contributed by atoms with Crippen molar-refractivity contribution in [2.75, 3.05) is 32.8 Å².